The van der Waals surface area contributed by atoms with Crippen molar-refractivity contribution in [2.45, 2.75) is 24.3 Å². The standard InChI is InChI=1S/C25H25FN2O4S/c26-23-11-3-4-12-24(23)32-16-6-14-27-25(29)20-9-5-10-22(17-20)33(30,31)28-15-13-19-7-1-2-8-21(19)18-28/h1-5,7-12,17H,6,13-16,18H2,(H,27,29). The molecule has 0 saturated heterocycles. The Morgan fingerprint density at radius 2 is 1.76 bits per heavy atom. The van der Waals surface area contributed by atoms with Crippen molar-refractivity contribution in [2.75, 3.05) is 19.7 Å². The highest BCUT2D eigenvalue weighted by atomic mass is 32.2. The molecule has 0 fully saturated rings. The molecule has 1 aliphatic rings. The second kappa shape index (κ2) is 10.1. The summed E-state index contributed by atoms with van der Waals surface area (Å²) in [6, 6.07) is 20.0. The van der Waals surface area contributed by atoms with Crippen LogP contribution in [0.1, 0.15) is 27.9 Å². The van der Waals surface area contributed by atoms with Crippen molar-refractivity contribution >= 4 is 15.9 Å². The predicted octanol–water partition coefficient (Wildman–Crippen LogP) is 3.77. The Bertz CT molecular complexity index is 1250. The van der Waals surface area contributed by atoms with Gasteiger partial charge in [0.25, 0.3) is 5.91 Å². The Morgan fingerprint density at radius 1 is 1.00 bits per heavy atom. The minimum atomic E-state index is -3.73. The Morgan fingerprint density at radius 3 is 2.58 bits per heavy atom. The monoisotopic (exact) mass is 468 g/mol. The second-order valence-electron chi connectivity index (χ2n) is 7.77. The highest BCUT2D eigenvalue weighted by Gasteiger charge is 2.28. The zero-order valence-corrected chi connectivity index (χ0v) is 18.9. The number of amides is 1. The molecule has 8 heteroatoms. The number of carbonyl (C=O) groups excluding carboxylic acids is 1. The molecule has 3 aromatic rings. The fourth-order valence-electron chi connectivity index (χ4n) is 3.74. The van der Waals surface area contributed by atoms with Gasteiger partial charge in [0.2, 0.25) is 10.0 Å². The quantitative estimate of drug-likeness (QED) is 0.511. The van der Waals surface area contributed by atoms with Crippen LogP contribution in [0.25, 0.3) is 0 Å². The Hall–Kier alpha value is -3.23. The van der Waals surface area contributed by atoms with E-state index < -0.39 is 15.8 Å². The van der Waals surface area contributed by atoms with Crippen molar-refractivity contribution in [2.24, 2.45) is 0 Å². The first-order valence-corrected chi connectivity index (χ1v) is 12.2. The first kappa shape index (κ1) is 22.9. The van der Waals surface area contributed by atoms with Crippen molar-refractivity contribution in [1.82, 2.24) is 9.62 Å². The smallest absolute Gasteiger partial charge is 0.251 e. The summed E-state index contributed by atoms with van der Waals surface area (Å²) in [5, 5.41) is 2.75. The van der Waals surface area contributed by atoms with Crippen molar-refractivity contribution in [3.63, 3.8) is 0 Å². The van der Waals surface area contributed by atoms with Crippen molar-refractivity contribution in [3.8, 4) is 5.75 Å². The maximum atomic E-state index is 13.5. The van der Waals surface area contributed by atoms with Gasteiger partial charge in [-0.3, -0.25) is 4.79 Å². The fraction of sp³-hybridized carbons (Fsp3) is 0.240. The normalized spacial score (nSPS) is 13.8. The van der Waals surface area contributed by atoms with Gasteiger partial charge in [-0.05, 0) is 54.3 Å². The molecule has 0 saturated carbocycles. The van der Waals surface area contributed by atoms with Gasteiger partial charge in [0.1, 0.15) is 0 Å². The van der Waals surface area contributed by atoms with Crippen LogP contribution in [0.15, 0.2) is 77.7 Å². The van der Waals surface area contributed by atoms with Crippen LogP contribution in [-0.2, 0) is 23.0 Å². The van der Waals surface area contributed by atoms with E-state index in [4.69, 9.17) is 4.74 Å². The molecule has 1 amide bonds. The van der Waals surface area contributed by atoms with Crippen LogP contribution >= 0.6 is 0 Å². The summed E-state index contributed by atoms with van der Waals surface area (Å²) >= 11 is 0. The van der Waals surface area contributed by atoms with E-state index in [0.29, 0.717) is 32.5 Å². The lowest BCUT2D eigenvalue weighted by Gasteiger charge is -2.28. The summed E-state index contributed by atoms with van der Waals surface area (Å²) in [6.45, 7) is 1.27. The van der Waals surface area contributed by atoms with Crippen LogP contribution in [0, 0.1) is 5.82 Å². The van der Waals surface area contributed by atoms with Gasteiger partial charge < -0.3 is 10.1 Å². The first-order valence-electron chi connectivity index (χ1n) is 10.8. The van der Waals surface area contributed by atoms with E-state index in [1.807, 2.05) is 24.3 Å². The summed E-state index contributed by atoms with van der Waals surface area (Å²) in [5.74, 6) is -0.638. The molecule has 0 unspecified atom stereocenters. The molecule has 1 N–H and O–H groups in total. The van der Waals surface area contributed by atoms with Crippen molar-refractivity contribution < 1.29 is 22.3 Å². The third-order valence-corrected chi connectivity index (χ3v) is 7.37. The SMILES string of the molecule is O=C(NCCCOc1ccccc1F)c1cccc(S(=O)(=O)N2CCc3ccccc3C2)c1. The fourth-order valence-corrected chi connectivity index (χ4v) is 5.21. The summed E-state index contributed by atoms with van der Waals surface area (Å²) in [7, 11) is -3.73. The lowest BCUT2D eigenvalue weighted by molar-refractivity contribution is 0.0951. The van der Waals surface area contributed by atoms with Crippen molar-refractivity contribution in [3.05, 3.63) is 95.3 Å². The maximum Gasteiger partial charge on any atom is 0.251 e. The number of carbonyl (C=O) groups is 1. The third kappa shape index (κ3) is 5.40. The number of para-hydroxylation sites is 1. The zero-order chi connectivity index (χ0) is 23.3. The van der Waals surface area contributed by atoms with Gasteiger partial charge in [0.05, 0.1) is 11.5 Å². The number of ether oxygens (including phenoxy) is 1. The van der Waals surface area contributed by atoms with Crippen LogP contribution in [-0.4, -0.2) is 38.3 Å². The van der Waals surface area contributed by atoms with E-state index in [1.165, 1.54) is 22.5 Å². The van der Waals surface area contributed by atoms with Gasteiger partial charge in [-0.25, -0.2) is 12.8 Å². The average molecular weight is 469 g/mol. The zero-order valence-electron chi connectivity index (χ0n) is 18.0. The number of nitrogens with zero attached hydrogens (tertiary/aromatic N) is 1. The van der Waals surface area contributed by atoms with Gasteiger partial charge in [0.15, 0.2) is 11.6 Å². The van der Waals surface area contributed by atoms with Gasteiger partial charge in [0, 0.05) is 25.2 Å². The number of halogens is 1. The molecule has 6 nitrogen and oxygen atoms in total. The average Bonchev–Trinajstić information content (AvgIpc) is 2.84. The van der Waals surface area contributed by atoms with Gasteiger partial charge in [-0.1, -0.05) is 42.5 Å². The van der Waals surface area contributed by atoms with E-state index in [2.05, 4.69) is 5.32 Å². The minimum Gasteiger partial charge on any atom is -0.490 e. The number of rotatable bonds is 8. The molecule has 172 valence electrons. The van der Waals surface area contributed by atoms with Crippen LogP contribution in [0.5, 0.6) is 5.75 Å². The second-order valence-corrected chi connectivity index (χ2v) is 9.71. The molecule has 0 atom stereocenters. The number of benzene rings is 3. The number of fused-ring (bicyclic) bond motifs is 1. The van der Waals surface area contributed by atoms with Crippen LogP contribution < -0.4 is 10.1 Å². The molecule has 0 spiro atoms. The number of nitrogens with one attached hydrogen (secondary N) is 1. The van der Waals surface area contributed by atoms with Gasteiger partial charge >= 0.3 is 0 Å². The molecule has 0 aliphatic carbocycles. The largest absolute Gasteiger partial charge is 0.490 e. The van der Waals surface area contributed by atoms with Crippen LogP contribution in [0.4, 0.5) is 4.39 Å². The Labute approximate surface area is 193 Å². The topological polar surface area (TPSA) is 75.7 Å². The number of hydrogen-bond donors (Lipinski definition) is 1. The molecule has 1 heterocycles. The van der Waals surface area contributed by atoms with E-state index >= 15 is 0 Å². The molecule has 3 aromatic carbocycles. The van der Waals surface area contributed by atoms with E-state index in [9.17, 15) is 17.6 Å². The summed E-state index contributed by atoms with van der Waals surface area (Å²) in [5.41, 5.74) is 2.43. The van der Waals surface area contributed by atoms with Crippen LogP contribution in [0.3, 0.4) is 0 Å². The molecule has 0 radical (unpaired) electrons. The predicted molar refractivity (Wildman–Crippen MR) is 123 cm³/mol. The summed E-state index contributed by atoms with van der Waals surface area (Å²) in [6.07, 6.45) is 1.13. The molecule has 0 bridgehead atoms. The highest BCUT2D eigenvalue weighted by Crippen LogP contribution is 2.25. The minimum absolute atomic E-state index is 0.0948. The third-order valence-electron chi connectivity index (χ3n) is 5.53. The van der Waals surface area contributed by atoms with Crippen LogP contribution in [0.2, 0.25) is 0 Å². The Kier molecular flexibility index (Phi) is 7.05. The van der Waals surface area contributed by atoms with E-state index in [-0.39, 0.29) is 28.7 Å². The van der Waals surface area contributed by atoms with Gasteiger partial charge in [-0.15, -0.1) is 0 Å². The molecule has 0 aromatic heterocycles. The van der Waals surface area contributed by atoms with Crippen molar-refractivity contribution in [1.29, 1.82) is 0 Å². The molecule has 33 heavy (non-hydrogen) atoms. The lowest BCUT2D eigenvalue weighted by atomic mass is 10.0. The summed E-state index contributed by atoms with van der Waals surface area (Å²) in [4.78, 5) is 12.6. The highest BCUT2D eigenvalue weighted by molar-refractivity contribution is 7.89. The summed E-state index contributed by atoms with van der Waals surface area (Å²) < 4.78 is 46.7. The molecule has 4 rings (SSSR count). The number of sulfonamides is 1. The molecular formula is C25H25FN2O4S. The van der Waals surface area contributed by atoms with Gasteiger partial charge in [-0.2, -0.15) is 4.31 Å². The van der Waals surface area contributed by atoms with E-state index in [1.54, 1.807) is 30.3 Å². The Balaban J connectivity index is 1.34. The first-order chi connectivity index (χ1) is 15.9. The lowest BCUT2D eigenvalue weighted by Crippen LogP contribution is -2.36. The number of hydrogen-bond acceptors (Lipinski definition) is 4. The molecule has 1 aliphatic heterocycles. The maximum absolute atomic E-state index is 13.5. The molecular weight excluding hydrogens is 443 g/mol. The van der Waals surface area contributed by atoms with E-state index in [0.717, 1.165) is 11.1 Å².